The molecule has 1 fully saturated rings. The van der Waals surface area contributed by atoms with Crippen molar-refractivity contribution in [3.63, 3.8) is 0 Å². The Kier molecular flexibility index (Phi) is 2.32. The maximum atomic E-state index is 8.94. The zero-order chi connectivity index (χ0) is 10.1. The van der Waals surface area contributed by atoms with Gasteiger partial charge in [-0.15, -0.1) is 0 Å². The van der Waals surface area contributed by atoms with Crippen LogP contribution in [0.2, 0.25) is 5.02 Å². The van der Waals surface area contributed by atoms with E-state index < -0.39 is 0 Å². The zero-order valence-corrected chi connectivity index (χ0v) is 8.33. The molecule has 1 heterocycles. The third-order valence-electron chi connectivity index (χ3n) is 2.35. The maximum Gasteiger partial charge on any atom is 0.103 e. The lowest BCUT2D eigenvalue weighted by molar-refractivity contribution is 0.519. The molecule has 1 saturated heterocycles. The van der Waals surface area contributed by atoms with E-state index in [4.69, 9.17) is 22.6 Å². The van der Waals surface area contributed by atoms with Gasteiger partial charge in [-0.3, -0.25) is 0 Å². The van der Waals surface area contributed by atoms with Gasteiger partial charge >= 0.3 is 0 Å². The van der Waals surface area contributed by atoms with E-state index in [-0.39, 0.29) is 6.04 Å². The number of halogens is 1. The molecule has 0 aromatic heterocycles. The average molecular weight is 208 g/mol. The van der Waals surface area contributed by atoms with E-state index in [1.165, 1.54) is 0 Å². The molecular weight excluding hydrogens is 198 g/mol. The summed E-state index contributed by atoms with van der Waals surface area (Å²) in [7, 11) is 0. The topological polar surface area (TPSA) is 53.0 Å². The Morgan fingerprint density at radius 3 is 2.79 bits per heavy atom. The predicted molar refractivity (Wildman–Crippen MR) is 56.4 cm³/mol. The van der Waals surface area contributed by atoms with Gasteiger partial charge in [0.1, 0.15) is 6.07 Å². The summed E-state index contributed by atoms with van der Waals surface area (Å²) in [5.41, 5.74) is 7.11. The Bertz CT molecular complexity index is 391. The summed E-state index contributed by atoms with van der Waals surface area (Å²) in [5, 5.41) is 9.45. The molecule has 2 rings (SSSR count). The SMILES string of the molecule is N#Cc1c(Cl)cccc1N1CC(N)C1. The van der Waals surface area contributed by atoms with Gasteiger partial charge in [0.05, 0.1) is 16.3 Å². The Labute approximate surface area is 87.7 Å². The third kappa shape index (κ3) is 1.43. The average Bonchev–Trinajstić information content (AvgIpc) is 2.13. The van der Waals surface area contributed by atoms with E-state index in [0.29, 0.717) is 10.6 Å². The quantitative estimate of drug-likeness (QED) is 0.757. The first-order valence-corrected chi connectivity index (χ1v) is 4.79. The number of anilines is 1. The number of rotatable bonds is 1. The first-order valence-electron chi connectivity index (χ1n) is 4.41. The number of hydrogen-bond donors (Lipinski definition) is 1. The van der Waals surface area contributed by atoms with Crippen molar-refractivity contribution in [2.45, 2.75) is 6.04 Å². The van der Waals surface area contributed by atoms with Crippen LogP contribution in [0.15, 0.2) is 18.2 Å². The molecule has 0 bridgehead atoms. The summed E-state index contributed by atoms with van der Waals surface area (Å²) >= 11 is 5.91. The van der Waals surface area contributed by atoms with Gasteiger partial charge in [0.2, 0.25) is 0 Å². The molecule has 1 aromatic rings. The fourth-order valence-electron chi connectivity index (χ4n) is 1.60. The van der Waals surface area contributed by atoms with Crippen molar-refractivity contribution in [2.24, 2.45) is 5.73 Å². The van der Waals surface area contributed by atoms with E-state index in [1.807, 2.05) is 12.1 Å². The van der Waals surface area contributed by atoms with Crippen LogP contribution in [0.3, 0.4) is 0 Å². The van der Waals surface area contributed by atoms with Crippen LogP contribution in [-0.2, 0) is 0 Å². The fourth-order valence-corrected chi connectivity index (χ4v) is 1.81. The van der Waals surface area contributed by atoms with E-state index >= 15 is 0 Å². The lowest BCUT2D eigenvalue weighted by Crippen LogP contribution is -2.56. The molecule has 72 valence electrons. The molecule has 3 nitrogen and oxygen atoms in total. The van der Waals surface area contributed by atoms with E-state index in [9.17, 15) is 0 Å². The van der Waals surface area contributed by atoms with Crippen LogP contribution in [-0.4, -0.2) is 19.1 Å². The summed E-state index contributed by atoms with van der Waals surface area (Å²) in [6.07, 6.45) is 0. The molecule has 0 unspecified atom stereocenters. The second-order valence-corrected chi connectivity index (χ2v) is 3.82. The van der Waals surface area contributed by atoms with Crippen LogP contribution in [0, 0.1) is 11.3 Å². The zero-order valence-electron chi connectivity index (χ0n) is 7.57. The van der Waals surface area contributed by atoms with Crippen molar-refractivity contribution in [3.05, 3.63) is 28.8 Å². The second-order valence-electron chi connectivity index (χ2n) is 3.41. The van der Waals surface area contributed by atoms with Crippen LogP contribution in [0.4, 0.5) is 5.69 Å². The minimum absolute atomic E-state index is 0.223. The van der Waals surface area contributed by atoms with Crippen molar-refractivity contribution in [2.75, 3.05) is 18.0 Å². The number of hydrogen-bond acceptors (Lipinski definition) is 3. The molecule has 0 atom stereocenters. The largest absolute Gasteiger partial charge is 0.367 e. The van der Waals surface area contributed by atoms with Crippen molar-refractivity contribution < 1.29 is 0 Å². The van der Waals surface area contributed by atoms with Gasteiger partial charge in [-0.1, -0.05) is 17.7 Å². The molecule has 0 aliphatic carbocycles. The normalized spacial score (nSPS) is 16.2. The van der Waals surface area contributed by atoms with Crippen molar-refractivity contribution in [3.8, 4) is 6.07 Å². The minimum Gasteiger partial charge on any atom is -0.367 e. The van der Waals surface area contributed by atoms with E-state index in [1.54, 1.807) is 6.07 Å². The summed E-state index contributed by atoms with van der Waals surface area (Å²) in [6.45, 7) is 1.60. The van der Waals surface area contributed by atoms with Crippen molar-refractivity contribution in [1.82, 2.24) is 0 Å². The first-order chi connectivity index (χ1) is 6.72. The summed E-state index contributed by atoms with van der Waals surface area (Å²) < 4.78 is 0. The highest BCUT2D eigenvalue weighted by atomic mass is 35.5. The Balaban J connectivity index is 2.34. The minimum atomic E-state index is 0.223. The number of nitriles is 1. The van der Waals surface area contributed by atoms with Gasteiger partial charge in [-0.25, -0.2) is 0 Å². The summed E-state index contributed by atoms with van der Waals surface area (Å²) in [5.74, 6) is 0. The number of benzene rings is 1. The van der Waals surface area contributed by atoms with Crippen LogP contribution in [0.1, 0.15) is 5.56 Å². The molecule has 0 amide bonds. The van der Waals surface area contributed by atoms with Gasteiger partial charge in [0, 0.05) is 19.1 Å². The standard InChI is InChI=1S/C10H10ClN3/c11-9-2-1-3-10(8(9)4-12)14-5-7(13)6-14/h1-3,7H,5-6,13H2. The Morgan fingerprint density at radius 1 is 1.50 bits per heavy atom. The van der Waals surface area contributed by atoms with Gasteiger partial charge in [-0.2, -0.15) is 5.26 Å². The van der Waals surface area contributed by atoms with Crippen LogP contribution in [0.25, 0.3) is 0 Å². The smallest absolute Gasteiger partial charge is 0.103 e. The van der Waals surface area contributed by atoms with E-state index in [0.717, 1.165) is 18.8 Å². The Hall–Kier alpha value is -1.24. The van der Waals surface area contributed by atoms with E-state index in [2.05, 4.69) is 11.0 Å². The number of nitrogens with two attached hydrogens (primary N) is 1. The van der Waals surface area contributed by atoms with Crippen molar-refractivity contribution >= 4 is 17.3 Å². The highest BCUT2D eigenvalue weighted by molar-refractivity contribution is 6.32. The highest BCUT2D eigenvalue weighted by Gasteiger charge is 2.25. The lowest BCUT2D eigenvalue weighted by Gasteiger charge is -2.39. The molecule has 2 N–H and O–H groups in total. The number of nitrogens with zero attached hydrogens (tertiary/aromatic N) is 2. The molecule has 14 heavy (non-hydrogen) atoms. The highest BCUT2D eigenvalue weighted by Crippen LogP contribution is 2.29. The Morgan fingerprint density at radius 2 is 2.21 bits per heavy atom. The monoisotopic (exact) mass is 207 g/mol. The third-order valence-corrected chi connectivity index (χ3v) is 2.67. The van der Waals surface area contributed by atoms with Gasteiger partial charge in [-0.05, 0) is 12.1 Å². The molecule has 1 aliphatic rings. The molecular formula is C10H10ClN3. The van der Waals surface area contributed by atoms with Gasteiger partial charge in [0.25, 0.3) is 0 Å². The molecule has 0 saturated carbocycles. The molecule has 0 spiro atoms. The fraction of sp³-hybridized carbons (Fsp3) is 0.300. The maximum absolute atomic E-state index is 8.94. The van der Waals surface area contributed by atoms with Crippen molar-refractivity contribution in [1.29, 1.82) is 5.26 Å². The van der Waals surface area contributed by atoms with Crippen LogP contribution in [0.5, 0.6) is 0 Å². The molecule has 1 aliphatic heterocycles. The van der Waals surface area contributed by atoms with Crippen LogP contribution < -0.4 is 10.6 Å². The summed E-state index contributed by atoms with van der Waals surface area (Å²) in [4.78, 5) is 2.06. The summed E-state index contributed by atoms with van der Waals surface area (Å²) in [6, 6.07) is 7.81. The predicted octanol–water partition coefficient (Wildman–Crippen LogP) is 1.36. The van der Waals surface area contributed by atoms with Gasteiger partial charge in [0.15, 0.2) is 0 Å². The van der Waals surface area contributed by atoms with Gasteiger partial charge < -0.3 is 10.6 Å². The molecule has 4 heteroatoms. The lowest BCUT2D eigenvalue weighted by atomic mass is 10.1. The first kappa shape index (κ1) is 9.32. The molecule has 0 radical (unpaired) electrons. The van der Waals surface area contributed by atoms with Crippen LogP contribution >= 0.6 is 11.6 Å². The second kappa shape index (κ2) is 3.49. The molecule has 1 aromatic carbocycles.